The Morgan fingerprint density at radius 1 is 1.12 bits per heavy atom. The Kier molecular flexibility index (Phi) is 5.53. The predicted octanol–water partition coefficient (Wildman–Crippen LogP) is 2.98. The highest BCUT2D eigenvalue weighted by atomic mass is 16.5. The molecule has 0 aliphatic carbocycles. The molecule has 2 aromatic carbocycles. The van der Waals surface area contributed by atoms with Gasteiger partial charge in [-0.25, -0.2) is 0 Å². The summed E-state index contributed by atoms with van der Waals surface area (Å²) in [5.41, 5.74) is 6.41. The molecule has 0 radical (unpaired) electrons. The standard InChI is InChI=1S/C20H21N3O3/c21-12-11-19(22)14-1-4-17(5-2-14)26-18-8-6-16(7-9-18)25-13-15-3-10-20(24)23-15/h1-2,4-9,11-12,15,22H,3,10,13,21H2,(H,23,24)/t15-/m0/s1. The molecule has 0 spiro atoms. The first kappa shape index (κ1) is 17.5. The van der Waals surface area contributed by atoms with Crippen molar-refractivity contribution < 1.29 is 14.3 Å². The first-order valence-electron chi connectivity index (χ1n) is 8.41. The molecule has 1 amide bonds. The van der Waals surface area contributed by atoms with E-state index in [0.29, 0.717) is 30.2 Å². The fourth-order valence-electron chi connectivity index (χ4n) is 2.63. The van der Waals surface area contributed by atoms with Crippen molar-refractivity contribution in [3.8, 4) is 17.2 Å². The zero-order valence-electron chi connectivity index (χ0n) is 14.3. The van der Waals surface area contributed by atoms with E-state index >= 15 is 0 Å². The fourth-order valence-corrected chi connectivity index (χ4v) is 2.63. The Morgan fingerprint density at radius 2 is 1.73 bits per heavy atom. The minimum absolute atomic E-state index is 0.0857. The van der Waals surface area contributed by atoms with Crippen molar-refractivity contribution in [3.05, 3.63) is 66.4 Å². The van der Waals surface area contributed by atoms with Crippen LogP contribution in [0.5, 0.6) is 17.2 Å². The molecule has 26 heavy (non-hydrogen) atoms. The highest BCUT2D eigenvalue weighted by molar-refractivity contribution is 6.06. The largest absolute Gasteiger partial charge is 0.491 e. The second kappa shape index (κ2) is 8.20. The summed E-state index contributed by atoms with van der Waals surface area (Å²) in [5, 5.41) is 10.7. The van der Waals surface area contributed by atoms with Gasteiger partial charge >= 0.3 is 0 Å². The number of nitrogens with two attached hydrogens (primary N) is 1. The summed E-state index contributed by atoms with van der Waals surface area (Å²) in [6.07, 6.45) is 4.26. The van der Waals surface area contributed by atoms with Crippen LogP contribution in [-0.4, -0.2) is 24.3 Å². The van der Waals surface area contributed by atoms with E-state index in [1.807, 2.05) is 36.4 Å². The van der Waals surface area contributed by atoms with Crippen molar-refractivity contribution in [3.63, 3.8) is 0 Å². The third-order valence-corrected chi connectivity index (χ3v) is 4.02. The van der Waals surface area contributed by atoms with Crippen molar-refractivity contribution in [1.29, 1.82) is 5.41 Å². The van der Waals surface area contributed by atoms with Gasteiger partial charge in [0, 0.05) is 6.42 Å². The number of carbonyl (C=O) groups is 1. The Balaban J connectivity index is 1.53. The minimum atomic E-state index is 0.0857. The maximum Gasteiger partial charge on any atom is 0.220 e. The van der Waals surface area contributed by atoms with Crippen LogP contribution in [0, 0.1) is 5.41 Å². The Labute approximate surface area is 152 Å². The second-order valence-electron chi connectivity index (χ2n) is 5.98. The van der Waals surface area contributed by atoms with Crippen molar-refractivity contribution >= 4 is 11.6 Å². The molecule has 0 bridgehead atoms. The molecule has 1 aliphatic rings. The number of hydrogen-bond acceptors (Lipinski definition) is 5. The molecule has 4 N–H and O–H groups in total. The maximum absolute atomic E-state index is 11.2. The third-order valence-electron chi connectivity index (χ3n) is 4.02. The summed E-state index contributed by atoms with van der Waals surface area (Å²) in [7, 11) is 0. The van der Waals surface area contributed by atoms with Crippen molar-refractivity contribution in [2.75, 3.05) is 6.61 Å². The number of rotatable bonds is 7. The van der Waals surface area contributed by atoms with Crippen LogP contribution in [0.1, 0.15) is 18.4 Å². The Hall–Kier alpha value is -3.28. The van der Waals surface area contributed by atoms with Crippen LogP contribution in [0.2, 0.25) is 0 Å². The third kappa shape index (κ3) is 4.63. The molecule has 0 unspecified atom stereocenters. The van der Waals surface area contributed by atoms with Crippen LogP contribution < -0.4 is 20.5 Å². The first-order valence-corrected chi connectivity index (χ1v) is 8.41. The van der Waals surface area contributed by atoms with Gasteiger partial charge in [0.15, 0.2) is 0 Å². The van der Waals surface area contributed by atoms with E-state index in [4.69, 9.17) is 20.6 Å². The molecule has 1 atom stereocenters. The second-order valence-corrected chi connectivity index (χ2v) is 5.98. The smallest absolute Gasteiger partial charge is 0.220 e. The van der Waals surface area contributed by atoms with Gasteiger partial charge in [-0.05, 0) is 72.8 Å². The molecule has 1 saturated heterocycles. The van der Waals surface area contributed by atoms with Crippen molar-refractivity contribution in [1.82, 2.24) is 5.32 Å². The van der Waals surface area contributed by atoms with Gasteiger partial charge in [0.25, 0.3) is 0 Å². The fraction of sp³-hybridized carbons (Fsp3) is 0.200. The highest BCUT2D eigenvalue weighted by Crippen LogP contribution is 2.24. The predicted molar refractivity (Wildman–Crippen MR) is 99.8 cm³/mol. The number of amides is 1. The van der Waals surface area contributed by atoms with E-state index < -0.39 is 0 Å². The van der Waals surface area contributed by atoms with E-state index in [1.54, 1.807) is 12.1 Å². The average molecular weight is 351 g/mol. The van der Waals surface area contributed by atoms with Gasteiger partial charge in [-0.3, -0.25) is 4.79 Å². The number of carbonyl (C=O) groups excluding carboxylic acids is 1. The lowest BCUT2D eigenvalue weighted by Crippen LogP contribution is -2.30. The molecular formula is C20H21N3O3. The van der Waals surface area contributed by atoms with E-state index in [1.165, 1.54) is 12.3 Å². The normalized spacial score (nSPS) is 16.5. The molecule has 2 aromatic rings. The summed E-state index contributed by atoms with van der Waals surface area (Å²) < 4.78 is 11.5. The number of hydrogen-bond donors (Lipinski definition) is 3. The number of ether oxygens (including phenoxy) is 2. The Bertz CT molecular complexity index is 798. The molecule has 0 saturated carbocycles. The maximum atomic E-state index is 11.2. The van der Waals surface area contributed by atoms with Gasteiger partial charge in [0.1, 0.15) is 23.9 Å². The van der Waals surface area contributed by atoms with Crippen LogP contribution in [-0.2, 0) is 4.79 Å². The molecule has 1 aliphatic heterocycles. The molecular weight excluding hydrogens is 330 g/mol. The quantitative estimate of drug-likeness (QED) is 0.668. The number of nitrogens with one attached hydrogen (secondary N) is 2. The highest BCUT2D eigenvalue weighted by Gasteiger charge is 2.20. The zero-order chi connectivity index (χ0) is 18.4. The molecule has 6 heteroatoms. The molecule has 3 rings (SSSR count). The summed E-state index contributed by atoms with van der Waals surface area (Å²) in [6.45, 7) is 0.469. The van der Waals surface area contributed by atoms with Gasteiger partial charge in [0.05, 0.1) is 11.8 Å². The molecule has 1 heterocycles. The minimum Gasteiger partial charge on any atom is -0.491 e. The molecule has 134 valence electrons. The summed E-state index contributed by atoms with van der Waals surface area (Å²) >= 11 is 0. The lowest BCUT2D eigenvalue weighted by atomic mass is 10.1. The van der Waals surface area contributed by atoms with Gasteiger partial charge in [-0.1, -0.05) is 0 Å². The summed E-state index contributed by atoms with van der Waals surface area (Å²) in [5.74, 6) is 2.19. The van der Waals surface area contributed by atoms with Crippen LogP contribution in [0.15, 0.2) is 60.8 Å². The van der Waals surface area contributed by atoms with Gasteiger partial charge in [-0.15, -0.1) is 0 Å². The Morgan fingerprint density at radius 3 is 2.31 bits per heavy atom. The molecule has 0 aromatic heterocycles. The molecule has 6 nitrogen and oxygen atoms in total. The average Bonchev–Trinajstić information content (AvgIpc) is 3.07. The van der Waals surface area contributed by atoms with E-state index in [-0.39, 0.29) is 11.9 Å². The van der Waals surface area contributed by atoms with Crippen LogP contribution in [0.25, 0.3) is 0 Å². The summed E-state index contributed by atoms with van der Waals surface area (Å²) in [4.78, 5) is 11.2. The van der Waals surface area contributed by atoms with E-state index in [2.05, 4.69) is 5.32 Å². The van der Waals surface area contributed by atoms with E-state index in [9.17, 15) is 4.79 Å². The summed E-state index contributed by atoms with van der Waals surface area (Å²) in [6, 6.07) is 14.7. The van der Waals surface area contributed by atoms with Crippen molar-refractivity contribution in [2.24, 2.45) is 5.73 Å². The first-order chi connectivity index (χ1) is 12.6. The monoisotopic (exact) mass is 351 g/mol. The van der Waals surface area contributed by atoms with Gasteiger partial charge in [-0.2, -0.15) is 0 Å². The zero-order valence-corrected chi connectivity index (χ0v) is 14.3. The van der Waals surface area contributed by atoms with E-state index in [0.717, 1.165) is 17.7 Å². The lowest BCUT2D eigenvalue weighted by Gasteiger charge is -2.12. The van der Waals surface area contributed by atoms with Gasteiger partial charge in [0.2, 0.25) is 5.91 Å². The topological polar surface area (TPSA) is 97.4 Å². The lowest BCUT2D eigenvalue weighted by molar-refractivity contribution is -0.119. The van der Waals surface area contributed by atoms with Crippen LogP contribution in [0.3, 0.4) is 0 Å². The molecule has 1 fully saturated rings. The van der Waals surface area contributed by atoms with Crippen LogP contribution >= 0.6 is 0 Å². The number of benzene rings is 2. The number of allylic oxidation sites excluding steroid dienone is 1. The van der Waals surface area contributed by atoms with Crippen LogP contribution in [0.4, 0.5) is 0 Å². The SMILES string of the molecule is N=C(C=CN)c1ccc(Oc2ccc(OC[C@@H]3CCC(=O)N3)cc2)cc1. The van der Waals surface area contributed by atoms with Gasteiger partial charge < -0.3 is 25.9 Å². The van der Waals surface area contributed by atoms with Crippen molar-refractivity contribution in [2.45, 2.75) is 18.9 Å².